The Kier molecular flexibility index (Phi) is 3.24. The number of hydrogen-bond donors (Lipinski definition) is 1. The second kappa shape index (κ2) is 4.45. The molecule has 1 aromatic carbocycles. The van der Waals surface area contributed by atoms with Crippen LogP contribution in [0.25, 0.3) is 0 Å². The highest BCUT2D eigenvalue weighted by Gasteiger charge is 2.17. The lowest BCUT2D eigenvalue weighted by Gasteiger charge is -2.28. The second-order valence-electron chi connectivity index (χ2n) is 3.62. The Balaban J connectivity index is 2.15. The van der Waals surface area contributed by atoms with Crippen molar-refractivity contribution in [3.63, 3.8) is 0 Å². The van der Waals surface area contributed by atoms with Gasteiger partial charge in [0.15, 0.2) is 0 Å². The second-order valence-corrected chi connectivity index (χ2v) is 4.90. The van der Waals surface area contributed by atoms with Crippen molar-refractivity contribution in [1.82, 2.24) is 0 Å². The molecule has 0 bridgehead atoms. The van der Waals surface area contributed by atoms with Crippen LogP contribution < -0.4 is 5.32 Å². The summed E-state index contributed by atoms with van der Waals surface area (Å²) in [7, 11) is 0. The van der Waals surface area contributed by atoms with E-state index in [1.54, 1.807) is 11.8 Å². The van der Waals surface area contributed by atoms with Gasteiger partial charge < -0.3 is 5.32 Å². The maximum atomic E-state index is 5.97. The van der Waals surface area contributed by atoms with Crippen LogP contribution in [0.4, 0.5) is 5.69 Å². The zero-order valence-corrected chi connectivity index (χ0v) is 9.79. The van der Waals surface area contributed by atoms with Crippen molar-refractivity contribution in [2.45, 2.75) is 30.2 Å². The van der Waals surface area contributed by atoms with Gasteiger partial charge in [-0.1, -0.05) is 11.6 Å². The molecule has 1 aliphatic carbocycles. The van der Waals surface area contributed by atoms with Crippen LogP contribution in [0.3, 0.4) is 0 Å². The van der Waals surface area contributed by atoms with Gasteiger partial charge in [-0.15, -0.1) is 11.8 Å². The first-order valence-electron chi connectivity index (χ1n) is 4.89. The molecule has 0 unspecified atom stereocenters. The molecule has 1 nitrogen and oxygen atoms in total. The van der Waals surface area contributed by atoms with Gasteiger partial charge in [0.25, 0.3) is 0 Å². The Morgan fingerprint density at radius 2 is 2.21 bits per heavy atom. The summed E-state index contributed by atoms with van der Waals surface area (Å²) < 4.78 is 0. The average molecular weight is 228 g/mol. The quantitative estimate of drug-likeness (QED) is 0.783. The third kappa shape index (κ3) is 2.18. The molecule has 1 saturated carbocycles. The first-order valence-corrected chi connectivity index (χ1v) is 6.50. The van der Waals surface area contributed by atoms with E-state index in [2.05, 4.69) is 17.6 Å². The summed E-state index contributed by atoms with van der Waals surface area (Å²) in [6, 6.07) is 6.71. The summed E-state index contributed by atoms with van der Waals surface area (Å²) in [6.45, 7) is 0. The Hall–Kier alpha value is -0.340. The molecule has 0 spiro atoms. The highest BCUT2D eigenvalue weighted by atomic mass is 35.5. The third-order valence-electron chi connectivity index (χ3n) is 2.63. The number of thioether (sulfide) groups is 1. The van der Waals surface area contributed by atoms with Crippen LogP contribution in [0, 0.1) is 0 Å². The number of halogens is 1. The highest BCUT2D eigenvalue weighted by Crippen LogP contribution is 2.31. The number of anilines is 1. The van der Waals surface area contributed by atoms with E-state index in [4.69, 9.17) is 11.6 Å². The molecule has 0 amide bonds. The minimum absolute atomic E-state index is 0.666. The zero-order chi connectivity index (χ0) is 9.97. The van der Waals surface area contributed by atoms with E-state index in [9.17, 15) is 0 Å². The fourth-order valence-electron chi connectivity index (χ4n) is 1.57. The lowest BCUT2D eigenvalue weighted by Crippen LogP contribution is -2.27. The van der Waals surface area contributed by atoms with E-state index < -0.39 is 0 Å². The van der Waals surface area contributed by atoms with Crippen LogP contribution in [-0.4, -0.2) is 12.3 Å². The van der Waals surface area contributed by atoms with Crippen LogP contribution in [0.15, 0.2) is 23.1 Å². The Morgan fingerprint density at radius 1 is 1.43 bits per heavy atom. The number of nitrogens with one attached hydrogen (secondary N) is 1. The van der Waals surface area contributed by atoms with Gasteiger partial charge in [-0.25, -0.2) is 0 Å². The molecular weight excluding hydrogens is 214 g/mol. The molecule has 0 atom stereocenters. The Labute approximate surface area is 94.2 Å². The maximum Gasteiger partial charge on any atom is 0.0495 e. The largest absolute Gasteiger partial charge is 0.381 e. The Bertz CT molecular complexity index is 323. The van der Waals surface area contributed by atoms with Crippen LogP contribution in [0.2, 0.25) is 5.02 Å². The van der Waals surface area contributed by atoms with Crippen LogP contribution >= 0.6 is 23.4 Å². The van der Waals surface area contributed by atoms with Crippen molar-refractivity contribution in [3.8, 4) is 0 Å². The van der Waals surface area contributed by atoms with Gasteiger partial charge in [-0.2, -0.15) is 0 Å². The summed E-state index contributed by atoms with van der Waals surface area (Å²) in [4.78, 5) is 1.28. The highest BCUT2D eigenvalue weighted by molar-refractivity contribution is 7.98. The molecule has 1 aliphatic rings. The van der Waals surface area contributed by atoms with Crippen molar-refractivity contribution in [2.75, 3.05) is 11.6 Å². The van der Waals surface area contributed by atoms with Gasteiger partial charge in [0, 0.05) is 21.6 Å². The van der Waals surface area contributed by atoms with Gasteiger partial charge >= 0.3 is 0 Å². The molecule has 0 aliphatic heterocycles. The van der Waals surface area contributed by atoms with Crippen LogP contribution in [-0.2, 0) is 0 Å². The first kappa shape index (κ1) is 10.2. The molecule has 0 saturated heterocycles. The molecule has 0 radical (unpaired) electrons. The molecule has 14 heavy (non-hydrogen) atoms. The number of hydrogen-bond acceptors (Lipinski definition) is 2. The van der Waals surface area contributed by atoms with Gasteiger partial charge in [-0.05, 0) is 43.7 Å². The fourth-order valence-corrected chi connectivity index (χ4v) is 2.28. The zero-order valence-electron chi connectivity index (χ0n) is 8.22. The fraction of sp³-hybridized carbons (Fsp3) is 0.455. The third-order valence-corrected chi connectivity index (χ3v) is 3.66. The van der Waals surface area contributed by atoms with Crippen molar-refractivity contribution in [3.05, 3.63) is 23.2 Å². The Morgan fingerprint density at radius 3 is 2.79 bits per heavy atom. The van der Waals surface area contributed by atoms with E-state index in [1.807, 2.05) is 12.1 Å². The topological polar surface area (TPSA) is 12.0 Å². The van der Waals surface area contributed by atoms with E-state index >= 15 is 0 Å². The molecule has 0 heterocycles. The van der Waals surface area contributed by atoms with Gasteiger partial charge in [0.2, 0.25) is 0 Å². The van der Waals surface area contributed by atoms with Crippen molar-refractivity contribution in [1.29, 1.82) is 0 Å². The van der Waals surface area contributed by atoms with Gasteiger partial charge in [0.05, 0.1) is 0 Å². The molecular formula is C11H14ClNS. The summed E-state index contributed by atoms with van der Waals surface area (Å²) in [5.74, 6) is 0. The lowest BCUT2D eigenvalue weighted by atomic mass is 9.93. The molecule has 1 N–H and O–H groups in total. The minimum Gasteiger partial charge on any atom is -0.381 e. The van der Waals surface area contributed by atoms with Crippen molar-refractivity contribution < 1.29 is 0 Å². The summed E-state index contributed by atoms with van der Waals surface area (Å²) in [5, 5.41) is 4.34. The van der Waals surface area contributed by atoms with Gasteiger partial charge in [-0.3, -0.25) is 0 Å². The molecule has 1 aromatic rings. The summed E-state index contributed by atoms with van der Waals surface area (Å²) in [6.07, 6.45) is 6.03. The standard InChI is InChI=1S/C11H14ClNS/c1-14-11-6-5-8(12)7-10(11)13-9-3-2-4-9/h5-7,9,13H,2-4H2,1H3. The number of benzene rings is 1. The average Bonchev–Trinajstić information content (AvgIpc) is 2.12. The molecule has 1 fully saturated rings. The number of rotatable bonds is 3. The van der Waals surface area contributed by atoms with Crippen LogP contribution in [0.5, 0.6) is 0 Å². The molecule has 3 heteroatoms. The summed E-state index contributed by atoms with van der Waals surface area (Å²) in [5.41, 5.74) is 1.19. The first-order chi connectivity index (χ1) is 6.79. The normalized spacial score (nSPS) is 16.4. The maximum absolute atomic E-state index is 5.97. The van der Waals surface area contributed by atoms with Crippen molar-refractivity contribution >= 4 is 29.1 Å². The van der Waals surface area contributed by atoms with Gasteiger partial charge in [0.1, 0.15) is 0 Å². The minimum atomic E-state index is 0.666. The monoisotopic (exact) mass is 227 g/mol. The smallest absolute Gasteiger partial charge is 0.0495 e. The van der Waals surface area contributed by atoms with Crippen LogP contribution in [0.1, 0.15) is 19.3 Å². The van der Waals surface area contributed by atoms with E-state index in [1.165, 1.54) is 29.8 Å². The van der Waals surface area contributed by atoms with E-state index in [0.717, 1.165) is 5.02 Å². The van der Waals surface area contributed by atoms with E-state index in [-0.39, 0.29) is 0 Å². The van der Waals surface area contributed by atoms with E-state index in [0.29, 0.717) is 6.04 Å². The van der Waals surface area contributed by atoms with Crippen molar-refractivity contribution in [2.24, 2.45) is 0 Å². The molecule has 2 rings (SSSR count). The predicted octanol–water partition coefficient (Wildman–Crippen LogP) is 4.03. The molecule has 0 aromatic heterocycles. The predicted molar refractivity (Wildman–Crippen MR) is 64.5 cm³/mol. The SMILES string of the molecule is CSc1ccc(Cl)cc1NC1CCC1. The lowest BCUT2D eigenvalue weighted by molar-refractivity contribution is 0.445. The molecule has 76 valence electrons. The summed E-state index contributed by atoms with van der Waals surface area (Å²) >= 11 is 7.73.